The van der Waals surface area contributed by atoms with E-state index in [-0.39, 0.29) is 0 Å². The molecule has 0 amide bonds. The summed E-state index contributed by atoms with van der Waals surface area (Å²) in [5, 5.41) is 4.06. The van der Waals surface area contributed by atoms with E-state index in [1.54, 1.807) is 7.11 Å². The maximum absolute atomic E-state index is 5.84. The van der Waals surface area contributed by atoms with Gasteiger partial charge in [0.15, 0.2) is 0 Å². The second-order valence-corrected chi connectivity index (χ2v) is 4.20. The minimum Gasteiger partial charge on any atom is -0.380 e. The molecular formula is C14H14ClNO. The van der Waals surface area contributed by atoms with Gasteiger partial charge < -0.3 is 10.1 Å². The van der Waals surface area contributed by atoms with Gasteiger partial charge in [0.2, 0.25) is 0 Å². The van der Waals surface area contributed by atoms with Crippen LogP contribution < -0.4 is 5.32 Å². The fourth-order valence-electron chi connectivity index (χ4n) is 1.61. The maximum Gasteiger partial charge on any atom is 0.0713 e. The highest BCUT2D eigenvalue weighted by Crippen LogP contribution is 2.19. The first-order valence-electron chi connectivity index (χ1n) is 5.38. The van der Waals surface area contributed by atoms with E-state index in [1.165, 1.54) is 0 Å². The van der Waals surface area contributed by atoms with Gasteiger partial charge in [0.05, 0.1) is 6.61 Å². The number of ether oxygens (including phenoxy) is 1. The van der Waals surface area contributed by atoms with Gasteiger partial charge in [-0.15, -0.1) is 0 Å². The minimum absolute atomic E-state index is 0.621. The van der Waals surface area contributed by atoms with Crippen LogP contribution in [-0.4, -0.2) is 7.11 Å². The lowest BCUT2D eigenvalue weighted by atomic mass is 10.2. The molecule has 17 heavy (non-hydrogen) atoms. The molecule has 1 N–H and O–H groups in total. The summed E-state index contributed by atoms with van der Waals surface area (Å²) in [5.41, 5.74) is 3.21. The Morgan fingerprint density at radius 1 is 1.06 bits per heavy atom. The largest absolute Gasteiger partial charge is 0.380 e. The molecule has 2 aromatic rings. The molecule has 2 nitrogen and oxygen atoms in total. The second-order valence-electron chi connectivity index (χ2n) is 3.77. The summed E-state index contributed by atoms with van der Waals surface area (Å²) in [6, 6.07) is 15.8. The lowest BCUT2D eigenvalue weighted by Gasteiger charge is -2.08. The first kappa shape index (κ1) is 12.0. The van der Waals surface area contributed by atoms with Gasteiger partial charge in [-0.3, -0.25) is 0 Å². The average molecular weight is 248 g/mol. The first-order valence-corrected chi connectivity index (χ1v) is 5.76. The van der Waals surface area contributed by atoms with Crippen LogP contribution in [0.5, 0.6) is 0 Å². The quantitative estimate of drug-likeness (QED) is 0.873. The van der Waals surface area contributed by atoms with Crippen LogP contribution in [0.25, 0.3) is 0 Å². The molecule has 3 heteroatoms. The number of halogens is 1. The Balaban J connectivity index is 2.12. The fraction of sp³-hybridized carbons (Fsp3) is 0.143. The van der Waals surface area contributed by atoms with E-state index >= 15 is 0 Å². The van der Waals surface area contributed by atoms with Crippen molar-refractivity contribution in [3.8, 4) is 0 Å². The number of nitrogens with one attached hydrogen (secondary N) is 1. The summed E-state index contributed by atoms with van der Waals surface area (Å²) in [6.07, 6.45) is 0. The molecule has 0 heterocycles. The van der Waals surface area contributed by atoms with Crippen molar-refractivity contribution in [3.63, 3.8) is 0 Å². The van der Waals surface area contributed by atoms with Gasteiger partial charge in [0.1, 0.15) is 0 Å². The van der Waals surface area contributed by atoms with E-state index < -0.39 is 0 Å². The topological polar surface area (TPSA) is 21.3 Å². The monoisotopic (exact) mass is 247 g/mol. The second kappa shape index (κ2) is 5.71. The summed E-state index contributed by atoms with van der Waals surface area (Å²) in [4.78, 5) is 0. The maximum atomic E-state index is 5.84. The fourth-order valence-corrected chi connectivity index (χ4v) is 1.73. The lowest BCUT2D eigenvalue weighted by molar-refractivity contribution is 0.185. The van der Waals surface area contributed by atoms with E-state index in [2.05, 4.69) is 11.4 Å². The predicted molar refractivity (Wildman–Crippen MR) is 71.9 cm³/mol. The molecule has 0 saturated heterocycles. The van der Waals surface area contributed by atoms with Crippen molar-refractivity contribution in [1.29, 1.82) is 0 Å². The molecule has 0 aliphatic rings. The molecule has 0 spiro atoms. The molecule has 0 fully saturated rings. The van der Waals surface area contributed by atoms with Crippen molar-refractivity contribution in [2.24, 2.45) is 0 Å². The highest BCUT2D eigenvalue weighted by molar-refractivity contribution is 6.30. The number of benzene rings is 2. The van der Waals surface area contributed by atoms with E-state index in [0.29, 0.717) is 6.61 Å². The van der Waals surface area contributed by atoms with Crippen molar-refractivity contribution in [3.05, 3.63) is 59.1 Å². The van der Waals surface area contributed by atoms with Crippen LogP contribution in [0.3, 0.4) is 0 Å². The smallest absolute Gasteiger partial charge is 0.0713 e. The molecule has 0 aliphatic heterocycles. The van der Waals surface area contributed by atoms with Crippen LogP contribution in [0.15, 0.2) is 48.5 Å². The van der Waals surface area contributed by atoms with Crippen molar-refractivity contribution in [2.45, 2.75) is 6.61 Å². The zero-order valence-corrected chi connectivity index (χ0v) is 10.4. The molecule has 2 aromatic carbocycles. The molecule has 0 bridgehead atoms. The third-order valence-corrected chi connectivity index (χ3v) is 2.62. The Labute approximate surface area is 106 Å². The third kappa shape index (κ3) is 3.48. The van der Waals surface area contributed by atoms with Gasteiger partial charge in [0.25, 0.3) is 0 Å². The number of hydrogen-bond acceptors (Lipinski definition) is 2. The number of methoxy groups -OCH3 is 1. The van der Waals surface area contributed by atoms with Gasteiger partial charge in [-0.1, -0.05) is 23.7 Å². The van der Waals surface area contributed by atoms with Crippen LogP contribution in [-0.2, 0) is 11.3 Å². The van der Waals surface area contributed by atoms with E-state index in [0.717, 1.165) is 22.0 Å². The SMILES string of the molecule is COCc1cccc(Nc2ccc(Cl)cc2)c1. The van der Waals surface area contributed by atoms with Crippen LogP contribution in [0.2, 0.25) is 5.02 Å². The van der Waals surface area contributed by atoms with Crippen LogP contribution in [0.4, 0.5) is 11.4 Å². The summed E-state index contributed by atoms with van der Waals surface area (Å²) < 4.78 is 5.10. The van der Waals surface area contributed by atoms with E-state index in [9.17, 15) is 0 Å². The number of rotatable bonds is 4. The Morgan fingerprint density at radius 2 is 1.82 bits per heavy atom. The van der Waals surface area contributed by atoms with Crippen LogP contribution in [0.1, 0.15) is 5.56 Å². The van der Waals surface area contributed by atoms with Gasteiger partial charge >= 0.3 is 0 Å². The van der Waals surface area contributed by atoms with Gasteiger partial charge in [-0.25, -0.2) is 0 Å². The molecule has 2 rings (SSSR count). The Bertz CT molecular complexity index is 482. The zero-order chi connectivity index (χ0) is 12.1. The van der Waals surface area contributed by atoms with Crippen molar-refractivity contribution < 1.29 is 4.74 Å². The highest BCUT2D eigenvalue weighted by atomic mass is 35.5. The Kier molecular flexibility index (Phi) is 4.02. The molecule has 0 aliphatic carbocycles. The number of anilines is 2. The third-order valence-electron chi connectivity index (χ3n) is 2.37. The van der Waals surface area contributed by atoms with Gasteiger partial charge in [-0.2, -0.15) is 0 Å². The van der Waals surface area contributed by atoms with Crippen LogP contribution in [0, 0.1) is 0 Å². The van der Waals surface area contributed by atoms with E-state index in [1.807, 2.05) is 42.5 Å². The van der Waals surface area contributed by atoms with Crippen molar-refractivity contribution in [2.75, 3.05) is 12.4 Å². The molecule has 0 aromatic heterocycles. The average Bonchev–Trinajstić information content (AvgIpc) is 2.33. The van der Waals surface area contributed by atoms with Gasteiger partial charge in [-0.05, 0) is 42.0 Å². The molecular weight excluding hydrogens is 234 g/mol. The zero-order valence-electron chi connectivity index (χ0n) is 9.61. The van der Waals surface area contributed by atoms with Gasteiger partial charge in [0, 0.05) is 23.5 Å². The number of hydrogen-bond donors (Lipinski definition) is 1. The normalized spacial score (nSPS) is 10.2. The summed E-state index contributed by atoms with van der Waals surface area (Å²) in [7, 11) is 1.69. The first-order chi connectivity index (χ1) is 8.28. The van der Waals surface area contributed by atoms with Crippen LogP contribution >= 0.6 is 11.6 Å². The molecule has 0 atom stereocenters. The predicted octanol–water partition coefficient (Wildman–Crippen LogP) is 4.23. The van der Waals surface area contributed by atoms with Crippen molar-refractivity contribution in [1.82, 2.24) is 0 Å². The molecule has 0 saturated carbocycles. The summed E-state index contributed by atoms with van der Waals surface area (Å²) in [6.45, 7) is 0.621. The summed E-state index contributed by atoms with van der Waals surface area (Å²) >= 11 is 5.84. The summed E-state index contributed by atoms with van der Waals surface area (Å²) in [5.74, 6) is 0. The molecule has 0 radical (unpaired) electrons. The highest BCUT2D eigenvalue weighted by Gasteiger charge is 1.97. The standard InChI is InChI=1S/C14H14ClNO/c1-17-10-11-3-2-4-14(9-11)16-13-7-5-12(15)6-8-13/h2-9,16H,10H2,1H3. The minimum atomic E-state index is 0.621. The Morgan fingerprint density at radius 3 is 2.53 bits per heavy atom. The molecule has 88 valence electrons. The Hall–Kier alpha value is -1.51. The van der Waals surface area contributed by atoms with E-state index in [4.69, 9.17) is 16.3 Å². The van der Waals surface area contributed by atoms with Crippen molar-refractivity contribution >= 4 is 23.0 Å². The molecule has 0 unspecified atom stereocenters. The lowest BCUT2D eigenvalue weighted by Crippen LogP contribution is -1.92.